The van der Waals surface area contributed by atoms with Gasteiger partial charge < -0.3 is 15.4 Å². The van der Waals surface area contributed by atoms with Crippen molar-refractivity contribution >= 4 is 39.6 Å². The van der Waals surface area contributed by atoms with Crippen LogP contribution in [0.2, 0.25) is 5.02 Å². The summed E-state index contributed by atoms with van der Waals surface area (Å²) in [5, 5.41) is 14.7. The van der Waals surface area contributed by atoms with Gasteiger partial charge in [-0.15, -0.1) is 0 Å². The van der Waals surface area contributed by atoms with Gasteiger partial charge in [0.1, 0.15) is 0 Å². The van der Waals surface area contributed by atoms with Crippen LogP contribution in [0.25, 0.3) is 22.1 Å². The lowest BCUT2D eigenvalue weighted by atomic mass is 10.1. The topological polar surface area (TPSA) is 110 Å². The van der Waals surface area contributed by atoms with Gasteiger partial charge in [0.15, 0.2) is 11.2 Å². The first-order valence-corrected chi connectivity index (χ1v) is 11.7. The van der Waals surface area contributed by atoms with Gasteiger partial charge in [0.05, 0.1) is 19.7 Å². The minimum atomic E-state index is -0.516. The highest BCUT2D eigenvalue weighted by Crippen LogP contribution is 2.21. The number of aromatic amines is 1. The molecule has 0 amide bonds. The third-order valence-electron chi connectivity index (χ3n) is 6.16. The number of benzene rings is 2. The number of H-pyrrole nitrogens is 1. The average molecular weight is 493 g/mol. The maximum absolute atomic E-state index is 13.2. The number of imidazole rings is 1. The highest BCUT2D eigenvalue weighted by atomic mass is 35.5. The molecule has 5 rings (SSSR count). The molecule has 9 nitrogen and oxygen atoms in total. The van der Waals surface area contributed by atoms with E-state index in [9.17, 15) is 14.7 Å². The molecule has 0 spiro atoms. The monoisotopic (exact) mass is 492 g/mol. The average Bonchev–Trinajstić information content (AvgIpc) is 3.44. The van der Waals surface area contributed by atoms with E-state index < -0.39 is 11.2 Å². The molecule has 35 heavy (non-hydrogen) atoms. The van der Waals surface area contributed by atoms with Crippen molar-refractivity contribution in [2.45, 2.75) is 19.5 Å². The summed E-state index contributed by atoms with van der Waals surface area (Å²) in [6, 6.07) is 15.5. The molecule has 3 N–H and O–H groups in total. The number of aromatic nitrogens is 5. The van der Waals surface area contributed by atoms with E-state index in [1.165, 1.54) is 17.2 Å². The summed E-state index contributed by atoms with van der Waals surface area (Å²) in [5.74, 6) is 0.476. The predicted molar refractivity (Wildman–Crippen MR) is 137 cm³/mol. The molecule has 0 unspecified atom stereocenters. The first kappa shape index (κ1) is 22.9. The SMILES string of the molecule is Cn1c(=O)c2c(nc(NCCc3c[nH]c4ccccc34)n2Cc2ccc(Cl)cc2)n(CCO)c1=O. The maximum Gasteiger partial charge on any atom is 0.332 e. The summed E-state index contributed by atoms with van der Waals surface area (Å²) >= 11 is 6.05. The van der Waals surface area contributed by atoms with Crippen LogP contribution in [0, 0.1) is 0 Å². The summed E-state index contributed by atoms with van der Waals surface area (Å²) in [7, 11) is 1.43. The first-order chi connectivity index (χ1) is 17.0. The number of nitrogens with one attached hydrogen (secondary N) is 2. The molecule has 5 aromatic rings. The lowest BCUT2D eigenvalue weighted by molar-refractivity contribution is 0.274. The zero-order valence-electron chi connectivity index (χ0n) is 19.2. The molecule has 0 saturated carbocycles. The van der Waals surface area contributed by atoms with Crippen molar-refractivity contribution in [3.63, 3.8) is 0 Å². The Morgan fingerprint density at radius 3 is 2.63 bits per heavy atom. The molecule has 0 fully saturated rings. The Morgan fingerprint density at radius 2 is 1.86 bits per heavy atom. The Bertz CT molecular complexity index is 1630. The van der Waals surface area contributed by atoms with Crippen molar-refractivity contribution in [1.82, 2.24) is 23.7 Å². The maximum atomic E-state index is 13.2. The van der Waals surface area contributed by atoms with Crippen molar-refractivity contribution in [2.75, 3.05) is 18.5 Å². The largest absolute Gasteiger partial charge is 0.395 e. The fraction of sp³-hybridized carbons (Fsp3) is 0.240. The number of anilines is 1. The molecule has 3 aromatic heterocycles. The number of aliphatic hydroxyl groups is 1. The van der Waals surface area contributed by atoms with Gasteiger partial charge in [-0.3, -0.25) is 18.5 Å². The van der Waals surface area contributed by atoms with Gasteiger partial charge in [-0.05, 0) is 35.7 Å². The van der Waals surface area contributed by atoms with Gasteiger partial charge in [-0.1, -0.05) is 41.9 Å². The highest BCUT2D eigenvalue weighted by molar-refractivity contribution is 6.30. The van der Waals surface area contributed by atoms with Gasteiger partial charge in [0.25, 0.3) is 5.56 Å². The summed E-state index contributed by atoms with van der Waals surface area (Å²) < 4.78 is 4.16. The standard InChI is InChI=1S/C25H25ClN6O3/c1-30-23(34)21-22(31(12-13-33)25(30)35)29-24(32(21)15-16-6-8-18(26)9-7-16)27-11-10-17-14-28-20-5-3-2-4-19(17)20/h2-9,14,28,33H,10-13,15H2,1H3,(H,27,29). The Balaban J connectivity index is 1.56. The second-order valence-electron chi connectivity index (χ2n) is 8.38. The van der Waals surface area contributed by atoms with Crippen LogP contribution in [0.4, 0.5) is 5.95 Å². The Morgan fingerprint density at radius 1 is 1.09 bits per heavy atom. The Hall–Kier alpha value is -3.82. The van der Waals surface area contributed by atoms with Crippen LogP contribution >= 0.6 is 11.6 Å². The van der Waals surface area contributed by atoms with E-state index in [0.717, 1.165) is 27.5 Å². The highest BCUT2D eigenvalue weighted by Gasteiger charge is 2.20. The van der Waals surface area contributed by atoms with E-state index in [0.29, 0.717) is 29.6 Å². The number of para-hydroxylation sites is 1. The van der Waals surface area contributed by atoms with Crippen molar-refractivity contribution in [2.24, 2.45) is 7.05 Å². The molecule has 0 aliphatic carbocycles. The molecule has 180 valence electrons. The van der Waals surface area contributed by atoms with Gasteiger partial charge in [-0.2, -0.15) is 4.98 Å². The smallest absolute Gasteiger partial charge is 0.332 e. The van der Waals surface area contributed by atoms with E-state index in [1.807, 2.05) is 36.5 Å². The molecular weight excluding hydrogens is 468 g/mol. The van der Waals surface area contributed by atoms with Gasteiger partial charge in [0.2, 0.25) is 5.95 Å². The zero-order valence-corrected chi connectivity index (χ0v) is 19.9. The molecule has 0 aliphatic heterocycles. The first-order valence-electron chi connectivity index (χ1n) is 11.3. The van der Waals surface area contributed by atoms with Crippen LogP contribution in [0.5, 0.6) is 0 Å². The number of fused-ring (bicyclic) bond motifs is 2. The normalized spacial score (nSPS) is 11.5. The van der Waals surface area contributed by atoms with Crippen molar-refractivity contribution < 1.29 is 5.11 Å². The quantitative estimate of drug-likeness (QED) is 0.308. The minimum absolute atomic E-state index is 0.0379. The number of rotatable bonds is 8. The Labute approximate surface area is 205 Å². The second-order valence-corrected chi connectivity index (χ2v) is 8.81. The van der Waals surface area contributed by atoms with Crippen LogP contribution in [-0.2, 0) is 26.6 Å². The van der Waals surface area contributed by atoms with E-state index in [4.69, 9.17) is 11.6 Å². The molecule has 0 saturated heterocycles. The number of nitrogens with zero attached hydrogens (tertiary/aromatic N) is 4. The second kappa shape index (κ2) is 9.44. The van der Waals surface area contributed by atoms with Crippen molar-refractivity contribution in [3.05, 3.63) is 91.7 Å². The van der Waals surface area contributed by atoms with E-state index in [1.54, 1.807) is 16.7 Å². The van der Waals surface area contributed by atoms with E-state index >= 15 is 0 Å². The number of aliphatic hydroxyl groups excluding tert-OH is 1. The molecule has 10 heteroatoms. The number of hydrogen-bond donors (Lipinski definition) is 3. The third kappa shape index (κ3) is 4.24. The summed E-state index contributed by atoms with van der Waals surface area (Å²) in [4.78, 5) is 33.8. The number of hydrogen-bond acceptors (Lipinski definition) is 5. The van der Waals surface area contributed by atoms with Crippen LogP contribution in [0.3, 0.4) is 0 Å². The van der Waals surface area contributed by atoms with Gasteiger partial charge >= 0.3 is 5.69 Å². The fourth-order valence-corrected chi connectivity index (χ4v) is 4.49. The lowest BCUT2D eigenvalue weighted by Gasteiger charge is -2.12. The zero-order chi connectivity index (χ0) is 24.5. The van der Waals surface area contributed by atoms with Crippen LogP contribution < -0.4 is 16.6 Å². The molecule has 0 radical (unpaired) electrons. The van der Waals surface area contributed by atoms with E-state index in [2.05, 4.69) is 21.4 Å². The molecule has 0 aliphatic rings. The predicted octanol–water partition coefficient (Wildman–Crippen LogP) is 2.73. The molecule has 2 aromatic carbocycles. The van der Waals surface area contributed by atoms with Gasteiger partial charge in [0, 0.05) is 35.7 Å². The lowest BCUT2D eigenvalue weighted by Crippen LogP contribution is -2.39. The van der Waals surface area contributed by atoms with Crippen molar-refractivity contribution in [3.8, 4) is 0 Å². The third-order valence-corrected chi connectivity index (χ3v) is 6.41. The van der Waals surface area contributed by atoms with Crippen LogP contribution in [0.15, 0.2) is 64.3 Å². The summed E-state index contributed by atoms with van der Waals surface area (Å²) in [5.41, 5.74) is 2.76. The fourth-order valence-electron chi connectivity index (χ4n) is 4.37. The molecule has 3 heterocycles. The van der Waals surface area contributed by atoms with Gasteiger partial charge in [-0.25, -0.2) is 4.79 Å². The van der Waals surface area contributed by atoms with Crippen LogP contribution in [0.1, 0.15) is 11.1 Å². The summed E-state index contributed by atoms with van der Waals surface area (Å²) in [6.45, 7) is 0.711. The number of halogens is 1. The van der Waals surface area contributed by atoms with E-state index in [-0.39, 0.29) is 18.8 Å². The minimum Gasteiger partial charge on any atom is -0.395 e. The molecule has 0 atom stereocenters. The molecule has 0 bridgehead atoms. The summed E-state index contributed by atoms with van der Waals surface area (Å²) in [6.07, 6.45) is 2.73. The Kier molecular flexibility index (Phi) is 6.19. The van der Waals surface area contributed by atoms with Crippen molar-refractivity contribution in [1.29, 1.82) is 0 Å². The molecular formula is C25H25ClN6O3. The van der Waals surface area contributed by atoms with Crippen LogP contribution in [-0.4, -0.2) is 41.9 Å².